The van der Waals surface area contributed by atoms with Crippen molar-refractivity contribution in [2.75, 3.05) is 7.11 Å². The van der Waals surface area contributed by atoms with Gasteiger partial charge in [-0.05, 0) is 30.2 Å². The van der Waals surface area contributed by atoms with Gasteiger partial charge >= 0.3 is 0 Å². The molecule has 0 spiro atoms. The van der Waals surface area contributed by atoms with Crippen LogP contribution in [-0.2, 0) is 0 Å². The summed E-state index contributed by atoms with van der Waals surface area (Å²) >= 11 is 5.96. The van der Waals surface area contributed by atoms with Crippen LogP contribution >= 0.6 is 11.6 Å². The fourth-order valence-electron chi connectivity index (χ4n) is 1.79. The van der Waals surface area contributed by atoms with Crippen molar-refractivity contribution in [3.63, 3.8) is 0 Å². The second kappa shape index (κ2) is 5.42. The first-order chi connectivity index (χ1) is 8.61. The number of aryl methyl sites for hydroxylation is 1. The van der Waals surface area contributed by atoms with E-state index < -0.39 is 6.10 Å². The number of aliphatic hydroxyl groups is 1. The minimum Gasteiger partial charge on any atom is -0.495 e. The topological polar surface area (TPSA) is 29.5 Å². The molecule has 2 aromatic carbocycles. The van der Waals surface area contributed by atoms with E-state index in [0.717, 1.165) is 11.1 Å². The normalized spacial score (nSPS) is 12.2. The van der Waals surface area contributed by atoms with E-state index in [1.165, 1.54) is 5.56 Å². The molecule has 1 unspecified atom stereocenters. The standard InChI is InChI=1S/C15H15ClO2/c1-10-3-5-11(6-4-10)15(17)12-7-8-13(16)14(9-12)18-2/h3-9,15,17H,1-2H3. The van der Waals surface area contributed by atoms with Crippen molar-refractivity contribution in [2.24, 2.45) is 0 Å². The summed E-state index contributed by atoms with van der Waals surface area (Å²) < 4.78 is 5.15. The molecule has 0 aliphatic carbocycles. The first kappa shape index (κ1) is 12.9. The number of halogens is 1. The van der Waals surface area contributed by atoms with E-state index >= 15 is 0 Å². The zero-order chi connectivity index (χ0) is 13.1. The third-order valence-corrected chi connectivity index (χ3v) is 3.20. The molecule has 2 rings (SSSR count). The molecule has 0 fully saturated rings. The van der Waals surface area contributed by atoms with Crippen LogP contribution in [0.5, 0.6) is 5.75 Å². The van der Waals surface area contributed by atoms with Crippen LogP contribution in [0, 0.1) is 6.92 Å². The molecule has 0 heterocycles. The van der Waals surface area contributed by atoms with Gasteiger partial charge in [0.05, 0.1) is 12.1 Å². The van der Waals surface area contributed by atoms with Crippen molar-refractivity contribution >= 4 is 11.6 Å². The largest absolute Gasteiger partial charge is 0.495 e. The molecular formula is C15H15ClO2. The van der Waals surface area contributed by atoms with Crippen LogP contribution in [-0.4, -0.2) is 12.2 Å². The Morgan fingerprint density at radius 1 is 1.06 bits per heavy atom. The Bertz CT molecular complexity index is 535. The summed E-state index contributed by atoms with van der Waals surface area (Å²) in [5.74, 6) is 0.570. The van der Waals surface area contributed by atoms with Crippen molar-refractivity contribution in [2.45, 2.75) is 13.0 Å². The molecule has 1 atom stereocenters. The van der Waals surface area contributed by atoms with Crippen LogP contribution in [0.15, 0.2) is 42.5 Å². The van der Waals surface area contributed by atoms with Crippen LogP contribution in [0.2, 0.25) is 5.02 Å². The summed E-state index contributed by atoms with van der Waals surface area (Å²) in [6, 6.07) is 13.1. The average Bonchev–Trinajstić information content (AvgIpc) is 2.39. The molecule has 94 valence electrons. The molecule has 0 bridgehead atoms. The molecular weight excluding hydrogens is 248 g/mol. The lowest BCUT2D eigenvalue weighted by Gasteiger charge is -2.13. The van der Waals surface area contributed by atoms with Crippen LogP contribution in [0.1, 0.15) is 22.8 Å². The Morgan fingerprint density at radius 3 is 2.28 bits per heavy atom. The van der Waals surface area contributed by atoms with Crippen molar-refractivity contribution in [3.05, 3.63) is 64.2 Å². The maximum Gasteiger partial charge on any atom is 0.137 e. The minimum atomic E-state index is -0.670. The Kier molecular flexibility index (Phi) is 3.90. The fourth-order valence-corrected chi connectivity index (χ4v) is 1.98. The number of hydrogen-bond donors (Lipinski definition) is 1. The Labute approximate surface area is 112 Å². The second-order valence-electron chi connectivity index (χ2n) is 4.21. The van der Waals surface area contributed by atoms with Gasteiger partial charge in [-0.1, -0.05) is 47.5 Å². The lowest BCUT2D eigenvalue weighted by atomic mass is 10.0. The Balaban J connectivity index is 2.33. The van der Waals surface area contributed by atoms with Crippen molar-refractivity contribution in [1.82, 2.24) is 0 Å². The summed E-state index contributed by atoms with van der Waals surface area (Å²) in [6.45, 7) is 2.02. The van der Waals surface area contributed by atoms with Crippen LogP contribution in [0.25, 0.3) is 0 Å². The highest BCUT2D eigenvalue weighted by molar-refractivity contribution is 6.32. The number of rotatable bonds is 3. The van der Waals surface area contributed by atoms with Crippen LogP contribution in [0.3, 0.4) is 0 Å². The maximum absolute atomic E-state index is 10.3. The molecule has 0 radical (unpaired) electrons. The van der Waals surface area contributed by atoms with E-state index in [4.69, 9.17) is 16.3 Å². The third-order valence-electron chi connectivity index (χ3n) is 2.88. The van der Waals surface area contributed by atoms with Crippen molar-refractivity contribution < 1.29 is 9.84 Å². The average molecular weight is 263 g/mol. The lowest BCUT2D eigenvalue weighted by molar-refractivity contribution is 0.220. The van der Waals surface area contributed by atoms with E-state index in [0.29, 0.717) is 10.8 Å². The molecule has 3 heteroatoms. The molecule has 0 amide bonds. The molecule has 2 aromatic rings. The molecule has 0 saturated heterocycles. The smallest absolute Gasteiger partial charge is 0.137 e. The monoisotopic (exact) mass is 262 g/mol. The van der Waals surface area contributed by atoms with Crippen LogP contribution in [0.4, 0.5) is 0 Å². The predicted octanol–water partition coefficient (Wildman–Crippen LogP) is 3.74. The number of ether oxygens (including phenoxy) is 1. The fraction of sp³-hybridized carbons (Fsp3) is 0.200. The first-order valence-corrected chi connectivity index (χ1v) is 6.07. The van der Waals surface area contributed by atoms with Crippen molar-refractivity contribution in [1.29, 1.82) is 0 Å². The minimum absolute atomic E-state index is 0.539. The quantitative estimate of drug-likeness (QED) is 0.913. The van der Waals surface area contributed by atoms with Crippen LogP contribution < -0.4 is 4.74 Å². The zero-order valence-corrected chi connectivity index (χ0v) is 11.1. The van der Waals surface area contributed by atoms with E-state index in [1.807, 2.05) is 31.2 Å². The number of benzene rings is 2. The summed E-state index contributed by atoms with van der Waals surface area (Å²) in [6.07, 6.45) is -0.670. The molecule has 0 aromatic heterocycles. The Hall–Kier alpha value is -1.51. The number of hydrogen-bond acceptors (Lipinski definition) is 2. The van der Waals surface area contributed by atoms with Crippen molar-refractivity contribution in [3.8, 4) is 5.75 Å². The van der Waals surface area contributed by atoms with Gasteiger partial charge in [0.2, 0.25) is 0 Å². The predicted molar refractivity (Wildman–Crippen MR) is 73.2 cm³/mol. The van der Waals surface area contributed by atoms with E-state index in [2.05, 4.69) is 0 Å². The lowest BCUT2D eigenvalue weighted by Crippen LogP contribution is -2.00. The second-order valence-corrected chi connectivity index (χ2v) is 4.61. The highest BCUT2D eigenvalue weighted by Crippen LogP contribution is 2.30. The molecule has 0 saturated carbocycles. The highest BCUT2D eigenvalue weighted by Gasteiger charge is 2.12. The summed E-state index contributed by atoms with van der Waals surface area (Å²) in [7, 11) is 1.56. The summed E-state index contributed by atoms with van der Waals surface area (Å²) in [5, 5.41) is 10.8. The van der Waals surface area contributed by atoms with E-state index in [-0.39, 0.29) is 0 Å². The van der Waals surface area contributed by atoms with Gasteiger partial charge in [0.25, 0.3) is 0 Å². The Morgan fingerprint density at radius 2 is 1.67 bits per heavy atom. The summed E-state index contributed by atoms with van der Waals surface area (Å²) in [4.78, 5) is 0. The van der Waals surface area contributed by atoms with E-state index in [9.17, 15) is 5.11 Å². The van der Waals surface area contributed by atoms with E-state index in [1.54, 1.807) is 25.3 Å². The molecule has 1 N–H and O–H groups in total. The summed E-state index contributed by atoms with van der Waals surface area (Å²) in [5.41, 5.74) is 2.78. The zero-order valence-electron chi connectivity index (χ0n) is 10.4. The van der Waals surface area contributed by atoms with Gasteiger partial charge in [-0.15, -0.1) is 0 Å². The number of methoxy groups -OCH3 is 1. The molecule has 0 aliphatic heterocycles. The van der Waals surface area contributed by atoms with Gasteiger partial charge in [-0.25, -0.2) is 0 Å². The number of aliphatic hydroxyl groups excluding tert-OH is 1. The van der Waals surface area contributed by atoms with Gasteiger partial charge in [-0.2, -0.15) is 0 Å². The SMILES string of the molecule is COc1cc(C(O)c2ccc(C)cc2)ccc1Cl. The van der Waals surface area contributed by atoms with Gasteiger partial charge in [0.15, 0.2) is 0 Å². The van der Waals surface area contributed by atoms with Gasteiger partial charge in [0, 0.05) is 0 Å². The molecule has 2 nitrogen and oxygen atoms in total. The molecule has 18 heavy (non-hydrogen) atoms. The first-order valence-electron chi connectivity index (χ1n) is 5.70. The van der Waals surface area contributed by atoms with Gasteiger partial charge < -0.3 is 9.84 Å². The third kappa shape index (κ3) is 2.66. The van der Waals surface area contributed by atoms with Gasteiger partial charge in [-0.3, -0.25) is 0 Å². The molecule has 0 aliphatic rings. The van der Waals surface area contributed by atoms with Gasteiger partial charge in [0.1, 0.15) is 11.9 Å². The highest BCUT2D eigenvalue weighted by atomic mass is 35.5. The maximum atomic E-state index is 10.3.